The Morgan fingerprint density at radius 2 is 1.95 bits per heavy atom. The van der Waals surface area contributed by atoms with Gasteiger partial charge in [0, 0.05) is 19.2 Å². The van der Waals surface area contributed by atoms with Crippen molar-refractivity contribution in [1.29, 1.82) is 0 Å². The van der Waals surface area contributed by atoms with E-state index in [4.69, 9.17) is 9.84 Å². The lowest BCUT2D eigenvalue weighted by atomic mass is 9.78. The number of halogens is 3. The highest BCUT2D eigenvalue weighted by Crippen LogP contribution is 2.38. The summed E-state index contributed by atoms with van der Waals surface area (Å²) < 4.78 is 42.6. The molecule has 2 fully saturated rings. The summed E-state index contributed by atoms with van der Waals surface area (Å²) in [5, 5.41) is 11.8. The summed E-state index contributed by atoms with van der Waals surface area (Å²) in [5.74, 6) is 0. The first-order chi connectivity index (χ1) is 8.91. The van der Waals surface area contributed by atoms with Gasteiger partial charge in [-0.2, -0.15) is 13.2 Å². The summed E-state index contributed by atoms with van der Waals surface area (Å²) in [4.78, 5) is 0. The Bertz CT molecular complexity index is 285. The molecule has 1 aliphatic carbocycles. The van der Waals surface area contributed by atoms with Crippen molar-refractivity contribution in [2.45, 2.75) is 68.9 Å². The van der Waals surface area contributed by atoms with Crippen LogP contribution < -0.4 is 5.32 Å². The second-order valence-corrected chi connectivity index (χ2v) is 5.75. The average Bonchev–Trinajstić information content (AvgIpc) is 2.36. The number of ether oxygens (including phenoxy) is 1. The zero-order chi connectivity index (χ0) is 13.9. The highest BCUT2D eigenvalue weighted by Gasteiger charge is 2.41. The Labute approximate surface area is 111 Å². The smallest absolute Gasteiger partial charge is 0.382 e. The molecule has 19 heavy (non-hydrogen) atoms. The fourth-order valence-corrected chi connectivity index (χ4v) is 3.14. The maximum atomic E-state index is 12.2. The Balaban J connectivity index is 1.81. The predicted molar refractivity (Wildman–Crippen MR) is 64.9 cm³/mol. The van der Waals surface area contributed by atoms with Crippen LogP contribution >= 0.6 is 0 Å². The summed E-state index contributed by atoms with van der Waals surface area (Å²) in [6.45, 7) is 0.171. The van der Waals surface area contributed by atoms with Crippen LogP contribution in [0, 0.1) is 0 Å². The van der Waals surface area contributed by atoms with E-state index in [0.29, 0.717) is 13.0 Å². The lowest BCUT2D eigenvalue weighted by molar-refractivity contribution is -0.203. The van der Waals surface area contributed by atoms with Gasteiger partial charge in [0.2, 0.25) is 0 Å². The first-order valence-corrected chi connectivity index (χ1v) is 7.03. The molecule has 1 saturated heterocycles. The van der Waals surface area contributed by atoms with Crippen LogP contribution in [-0.2, 0) is 4.74 Å². The minimum absolute atomic E-state index is 0.0175. The van der Waals surface area contributed by atoms with Gasteiger partial charge in [0.25, 0.3) is 0 Å². The van der Waals surface area contributed by atoms with Crippen LogP contribution in [0.15, 0.2) is 0 Å². The van der Waals surface area contributed by atoms with Gasteiger partial charge in [0.1, 0.15) is 0 Å². The number of nitrogens with one attached hydrogen (secondary N) is 1. The molecule has 2 atom stereocenters. The molecule has 3 nitrogen and oxygen atoms in total. The fourth-order valence-electron chi connectivity index (χ4n) is 3.14. The van der Waals surface area contributed by atoms with Crippen LogP contribution in [-0.4, -0.2) is 42.2 Å². The van der Waals surface area contributed by atoms with E-state index in [0.717, 1.165) is 32.1 Å². The number of aliphatic hydroxyl groups excluding tert-OH is 1. The summed E-state index contributed by atoms with van der Waals surface area (Å²) in [6.07, 6.45) is 0.161. The van der Waals surface area contributed by atoms with Gasteiger partial charge in [-0.1, -0.05) is 19.3 Å². The highest BCUT2D eigenvalue weighted by atomic mass is 19.4. The molecule has 2 N–H and O–H groups in total. The Morgan fingerprint density at radius 3 is 2.58 bits per heavy atom. The van der Waals surface area contributed by atoms with Gasteiger partial charge in [0.15, 0.2) is 6.10 Å². The van der Waals surface area contributed by atoms with Crippen molar-refractivity contribution < 1.29 is 23.0 Å². The van der Waals surface area contributed by atoms with Crippen LogP contribution in [0.25, 0.3) is 0 Å². The SMILES string of the molecule is OC(CNC1CCOC2(CCCCC2)C1)C(F)(F)F. The highest BCUT2D eigenvalue weighted by molar-refractivity contribution is 4.92. The number of aliphatic hydroxyl groups is 1. The van der Waals surface area contributed by atoms with Gasteiger partial charge in [-0.25, -0.2) is 0 Å². The molecular formula is C13H22F3NO2. The molecule has 1 aliphatic heterocycles. The van der Waals surface area contributed by atoms with E-state index in [9.17, 15) is 13.2 Å². The standard InChI is InChI=1S/C13H22F3NO2/c14-13(15,16)11(18)9-17-10-4-7-19-12(8-10)5-2-1-3-6-12/h10-11,17-18H,1-9H2. The van der Waals surface area contributed by atoms with Crippen molar-refractivity contribution in [3.05, 3.63) is 0 Å². The molecule has 1 saturated carbocycles. The molecular weight excluding hydrogens is 259 g/mol. The van der Waals surface area contributed by atoms with Crippen molar-refractivity contribution in [2.75, 3.05) is 13.2 Å². The van der Waals surface area contributed by atoms with E-state index in [-0.39, 0.29) is 11.6 Å². The van der Waals surface area contributed by atoms with Crippen molar-refractivity contribution >= 4 is 0 Å². The largest absolute Gasteiger partial charge is 0.415 e. The number of alkyl halides is 3. The molecule has 2 rings (SSSR count). The predicted octanol–water partition coefficient (Wildman–Crippen LogP) is 2.38. The maximum Gasteiger partial charge on any atom is 0.415 e. The molecule has 112 valence electrons. The average molecular weight is 281 g/mol. The number of hydrogen-bond acceptors (Lipinski definition) is 3. The van der Waals surface area contributed by atoms with Crippen molar-refractivity contribution in [3.8, 4) is 0 Å². The zero-order valence-corrected chi connectivity index (χ0v) is 11.0. The molecule has 0 amide bonds. The van der Waals surface area contributed by atoms with E-state index in [1.54, 1.807) is 0 Å². The molecule has 2 aliphatic rings. The summed E-state index contributed by atoms with van der Waals surface area (Å²) >= 11 is 0. The Morgan fingerprint density at radius 1 is 1.26 bits per heavy atom. The summed E-state index contributed by atoms with van der Waals surface area (Å²) in [6, 6.07) is 0.0175. The number of hydrogen-bond donors (Lipinski definition) is 2. The van der Waals surface area contributed by atoms with Gasteiger partial charge >= 0.3 is 6.18 Å². The molecule has 2 unspecified atom stereocenters. The summed E-state index contributed by atoms with van der Waals surface area (Å²) in [5.41, 5.74) is -0.128. The van der Waals surface area contributed by atoms with E-state index >= 15 is 0 Å². The third kappa shape index (κ3) is 4.07. The topological polar surface area (TPSA) is 41.5 Å². The third-order valence-corrected chi connectivity index (χ3v) is 4.24. The lowest BCUT2D eigenvalue weighted by Gasteiger charge is -2.44. The quantitative estimate of drug-likeness (QED) is 0.834. The summed E-state index contributed by atoms with van der Waals surface area (Å²) in [7, 11) is 0. The molecule has 0 radical (unpaired) electrons. The first kappa shape index (κ1) is 15.1. The van der Waals surface area contributed by atoms with Crippen LogP contribution in [0.1, 0.15) is 44.9 Å². The monoisotopic (exact) mass is 281 g/mol. The van der Waals surface area contributed by atoms with Crippen LogP contribution in [0.3, 0.4) is 0 Å². The minimum atomic E-state index is -4.54. The fraction of sp³-hybridized carbons (Fsp3) is 1.00. The maximum absolute atomic E-state index is 12.2. The Kier molecular flexibility index (Phi) is 4.74. The van der Waals surface area contributed by atoms with Gasteiger partial charge in [-0.05, 0) is 25.7 Å². The van der Waals surface area contributed by atoms with Crippen LogP contribution in [0.4, 0.5) is 13.2 Å². The van der Waals surface area contributed by atoms with Gasteiger partial charge in [-0.15, -0.1) is 0 Å². The molecule has 1 heterocycles. The van der Waals surface area contributed by atoms with Crippen molar-refractivity contribution in [3.63, 3.8) is 0 Å². The lowest BCUT2D eigenvalue weighted by Crippen LogP contribution is -2.50. The van der Waals surface area contributed by atoms with Gasteiger partial charge < -0.3 is 15.2 Å². The first-order valence-electron chi connectivity index (χ1n) is 7.03. The zero-order valence-electron chi connectivity index (χ0n) is 11.0. The second-order valence-electron chi connectivity index (χ2n) is 5.75. The van der Waals surface area contributed by atoms with Crippen LogP contribution in [0.5, 0.6) is 0 Å². The van der Waals surface area contributed by atoms with E-state index < -0.39 is 18.8 Å². The van der Waals surface area contributed by atoms with Gasteiger partial charge in [-0.3, -0.25) is 0 Å². The van der Waals surface area contributed by atoms with Crippen molar-refractivity contribution in [2.24, 2.45) is 0 Å². The van der Waals surface area contributed by atoms with E-state index in [1.165, 1.54) is 6.42 Å². The second kappa shape index (κ2) is 5.97. The van der Waals surface area contributed by atoms with Gasteiger partial charge in [0.05, 0.1) is 5.60 Å². The Hall–Kier alpha value is -0.330. The number of rotatable bonds is 3. The normalized spacial score (nSPS) is 29.4. The molecule has 6 heteroatoms. The third-order valence-electron chi connectivity index (χ3n) is 4.24. The molecule has 0 aromatic carbocycles. The molecule has 0 aromatic heterocycles. The molecule has 0 aromatic rings. The molecule has 0 bridgehead atoms. The van der Waals surface area contributed by atoms with E-state index in [2.05, 4.69) is 5.32 Å². The van der Waals surface area contributed by atoms with E-state index in [1.807, 2.05) is 0 Å². The molecule has 1 spiro atoms. The van der Waals surface area contributed by atoms with Crippen molar-refractivity contribution in [1.82, 2.24) is 5.32 Å². The minimum Gasteiger partial charge on any atom is -0.382 e. The van der Waals surface area contributed by atoms with Crippen LogP contribution in [0.2, 0.25) is 0 Å².